The molecule has 0 aromatic heterocycles. The van der Waals surface area contributed by atoms with Gasteiger partial charge in [-0.05, 0) is 37.8 Å². The second-order valence-electron chi connectivity index (χ2n) is 5.52. The van der Waals surface area contributed by atoms with Gasteiger partial charge in [0, 0.05) is 22.7 Å². The number of fused-ring (bicyclic) bond motifs is 1. The topological polar surface area (TPSA) is 29.5 Å². The van der Waals surface area contributed by atoms with Crippen molar-refractivity contribution in [2.45, 2.75) is 42.4 Å². The fourth-order valence-corrected chi connectivity index (χ4v) is 4.12. The Balaban J connectivity index is 1.57. The maximum absolute atomic E-state index is 11.7. The van der Waals surface area contributed by atoms with Gasteiger partial charge in [0.2, 0.25) is 0 Å². The summed E-state index contributed by atoms with van der Waals surface area (Å²) in [5.74, 6) is -0.0834. The highest BCUT2D eigenvalue weighted by molar-refractivity contribution is 8.00. The van der Waals surface area contributed by atoms with Crippen LogP contribution in [0.2, 0.25) is 0 Å². The average molecular weight is 291 g/mol. The lowest BCUT2D eigenvalue weighted by Crippen LogP contribution is -2.37. The van der Waals surface area contributed by atoms with Crippen molar-refractivity contribution in [1.82, 2.24) is 4.90 Å². The molecular formula is C16H21NO2S. The van der Waals surface area contributed by atoms with Crippen LogP contribution in [0.3, 0.4) is 0 Å². The minimum absolute atomic E-state index is 0.0834. The Morgan fingerprint density at radius 1 is 1.40 bits per heavy atom. The number of hydrogen-bond acceptors (Lipinski definition) is 4. The zero-order valence-electron chi connectivity index (χ0n) is 11.9. The van der Waals surface area contributed by atoms with E-state index in [1.165, 1.54) is 23.3 Å². The highest BCUT2D eigenvalue weighted by atomic mass is 32.2. The van der Waals surface area contributed by atoms with E-state index in [2.05, 4.69) is 29.2 Å². The normalized spacial score (nSPS) is 21.0. The standard InChI is InChI=1S/C16H21NO2S/c1-2-19-16(18)11-17(13-7-8-13)10-14-9-12-5-3-4-6-15(12)20-14/h3-6,13-14H,2,7-11H2,1H3. The Labute approximate surface area is 124 Å². The average Bonchev–Trinajstić information content (AvgIpc) is 3.19. The van der Waals surface area contributed by atoms with E-state index in [-0.39, 0.29) is 5.97 Å². The van der Waals surface area contributed by atoms with Crippen LogP contribution in [0.1, 0.15) is 25.3 Å². The fourth-order valence-electron chi connectivity index (χ4n) is 2.77. The molecule has 1 heterocycles. The summed E-state index contributed by atoms with van der Waals surface area (Å²) in [4.78, 5) is 15.4. The summed E-state index contributed by atoms with van der Waals surface area (Å²) in [6.45, 7) is 3.78. The predicted octanol–water partition coefficient (Wildman–Crippen LogP) is 2.73. The van der Waals surface area contributed by atoms with Gasteiger partial charge in [-0.15, -0.1) is 11.8 Å². The first-order valence-electron chi connectivity index (χ1n) is 7.40. The Morgan fingerprint density at radius 3 is 2.90 bits per heavy atom. The first kappa shape index (κ1) is 14.0. The van der Waals surface area contributed by atoms with E-state index >= 15 is 0 Å². The minimum atomic E-state index is -0.0834. The van der Waals surface area contributed by atoms with Crippen LogP contribution in [0.4, 0.5) is 0 Å². The quantitative estimate of drug-likeness (QED) is 0.754. The first-order chi connectivity index (χ1) is 9.76. The molecule has 1 unspecified atom stereocenters. The highest BCUT2D eigenvalue weighted by Crippen LogP contribution is 2.38. The number of carbonyl (C=O) groups excluding carboxylic acids is 1. The summed E-state index contributed by atoms with van der Waals surface area (Å²) in [7, 11) is 0. The van der Waals surface area contributed by atoms with Crippen LogP contribution >= 0.6 is 11.8 Å². The van der Waals surface area contributed by atoms with Gasteiger partial charge in [0.25, 0.3) is 0 Å². The van der Waals surface area contributed by atoms with E-state index in [1.807, 2.05) is 18.7 Å². The number of thioether (sulfide) groups is 1. The molecular weight excluding hydrogens is 270 g/mol. The van der Waals surface area contributed by atoms with Crippen LogP contribution in [-0.2, 0) is 16.0 Å². The van der Waals surface area contributed by atoms with Gasteiger partial charge in [-0.25, -0.2) is 0 Å². The van der Waals surface area contributed by atoms with Crippen LogP contribution in [0.15, 0.2) is 29.2 Å². The van der Waals surface area contributed by atoms with Gasteiger partial charge in [-0.3, -0.25) is 9.69 Å². The van der Waals surface area contributed by atoms with Crippen LogP contribution < -0.4 is 0 Å². The number of ether oxygens (including phenoxy) is 1. The minimum Gasteiger partial charge on any atom is -0.465 e. The number of carbonyl (C=O) groups is 1. The Bertz CT molecular complexity index is 462. The molecule has 0 amide bonds. The third-order valence-electron chi connectivity index (χ3n) is 3.85. The molecule has 1 aromatic rings. The first-order valence-corrected chi connectivity index (χ1v) is 8.28. The smallest absolute Gasteiger partial charge is 0.320 e. The summed E-state index contributed by atoms with van der Waals surface area (Å²) in [6, 6.07) is 9.23. The van der Waals surface area contributed by atoms with E-state index in [0.717, 1.165) is 13.0 Å². The molecule has 0 saturated heterocycles. The monoisotopic (exact) mass is 291 g/mol. The van der Waals surface area contributed by atoms with E-state index < -0.39 is 0 Å². The number of rotatable bonds is 6. The molecule has 0 spiro atoms. The molecule has 1 fully saturated rings. The zero-order valence-corrected chi connectivity index (χ0v) is 12.7. The summed E-state index contributed by atoms with van der Waals surface area (Å²) in [5, 5.41) is 0.572. The predicted molar refractivity (Wildman–Crippen MR) is 81.0 cm³/mol. The molecule has 2 aliphatic rings. The molecule has 3 rings (SSSR count). The van der Waals surface area contributed by atoms with Crippen molar-refractivity contribution in [3.8, 4) is 0 Å². The number of esters is 1. The van der Waals surface area contributed by atoms with Crippen molar-refractivity contribution in [2.24, 2.45) is 0 Å². The van der Waals surface area contributed by atoms with Crippen LogP contribution in [0.5, 0.6) is 0 Å². The van der Waals surface area contributed by atoms with Crippen molar-refractivity contribution >= 4 is 17.7 Å². The Morgan fingerprint density at radius 2 is 2.20 bits per heavy atom. The SMILES string of the molecule is CCOC(=O)CN(CC1Cc2ccccc2S1)C1CC1. The van der Waals surface area contributed by atoms with Crippen molar-refractivity contribution < 1.29 is 9.53 Å². The second-order valence-corrected chi connectivity index (χ2v) is 6.86. The van der Waals surface area contributed by atoms with Crippen LogP contribution in [0.25, 0.3) is 0 Å². The Kier molecular flexibility index (Phi) is 4.32. The second kappa shape index (κ2) is 6.19. The third-order valence-corrected chi connectivity index (χ3v) is 5.15. The number of nitrogens with zero attached hydrogens (tertiary/aromatic N) is 1. The van der Waals surface area contributed by atoms with Gasteiger partial charge in [-0.1, -0.05) is 18.2 Å². The van der Waals surface area contributed by atoms with E-state index in [9.17, 15) is 4.79 Å². The molecule has 1 aliphatic carbocycles. The van der Waals surface area contributed by atoms with Gasteiger partial charge < -0.3 is 4.74 Å². The molecule has 108 valence electrons. The Hall–Kier alpha value is -1.00. The van der Waals surface area contributed by atoms with E-state index in [0.29, 0.717) is 24.4 Å². The third kappa shape index (κ3) is 3.36. The maximum atomic E-state index is 11.7. The fraction of sp³-hybridized carbons (Fsp3) is 0.562. The number of benzene rings is 1. The van der Waals surface area contributed by atoms with E-state index in [4.69, 9.17) is 4.74 Å². The molecule has 0 N–H and O–H groups in total. The molecule has 1 aliphatic heterocycles. The summed E-state index contributed by atoms with van der Waals surface area (Å²) < 4.78 is 5.09. The van der Waals surface area contributed by atoms with Gasteiger partial charge in [0.15, 0.2) is 0 Å². The summed E-state index contributed by atoms with van der Waals surface area (Å²) in [6.07, 6.45) is 3.57. The van der Waals surface area contributed by atoms with Crippen molar-refractivity contribution in [1.29, 1.82) is 0 Å². The van der Waals surface area contributed by atoms with E-state index in [1.54, 1.807) is 0 Å². The lowest BCUT2D eigenvalue weighted by molar-refractivity contribution is -0.144. The molecule has 1 saturated carbocycles. The number of hydrogen-bond donors (Lipinski definition) is 0. The molecule has 4 heteroatoms. The maximum Gasteiger partial charge on any atom is 0.320 e. The van der Waals surface area contributed by atoms with Gasteiger partial charge in [-0.2, -0.15) is 0 Å². The molecule has 1 atom stereocenters. The zero-order chi connectivity index (χ0) is 13.9. The van der Waals surface area contributed by atoms with Crippen molar-refractivity contribution in [3.63, 3.8) is 0 Å². The van der Waals surface area contributed by atoms with Crippen LogP contribution in [-0.4, -0.2) is 41.9 Å². The lowest BCUT2D eigenvalue weighted by Gasteiger charge is -2.23. The molecule has 0 bridgehead atoms. The van der Waals surface area contributed by atoms with Gasteiger partial charge in [0.1, 0.15) is 0 Å². The largest absolute Gasteiger partial charge is 0.465 e. The van der Waals surface area contributed by atoms with Gasteiger partial charge >= 0.3 is 5.97 Å². The molecule has 20 heavy (non-hydrogen) atoms. The van der Waals surface area contributed by atoms with Crippen molar-refractivity contribution in [2.75, 3.05) is 19.7 Å². The molecule has 1 aromatic carbocycles. The van der Waals surface area contributed by atoms with Crippen LogP contribution in [0, 0.1) is 0 Å². The van der Waals surface area contributed by atoms with Crippen molar-refractivity contribution in [3.05, 3.63) is 29.8 Å². The molecule has 3 nitrogen and oxygen atoms in total. The summed E-state index contributed by atoms with van der Waals surface area (Å²) >= 11 is 1.96. The summed E-state index contributed by atoms with van der Waals surface area (Å²) in [5.41, 5.74) is 1.45. The van der Waals surface area contributed by atoms with Gasteiger partial charge in [0.05, 0.1) is 13.2 Å². The lowest BCUT2D eigenvalue weighted by atomic mass is 10.1. The molecule has 0 radical (unpaired) electrons. The highest BCUT2D eigenvalue weighted by Gasteiger charge is 2.33.